The molecule has 2 heterocycles. The van der Waals surface area contributed by atoms with Crippen LogP contribution in [0, 0.1) is 0 Å². The van der Waals surface area contributed by atoms with E-state index >= 15 is 0 Å². The summed E-state index contributed by atoms with van der Waals surface area (Å²) < 4.78 is 0. The van der Waals surface area contributed by atoms with Crippen LogP contribution in [0.25, 0.3) is 32.9 Å². The Morgan fingerprint density at radius 3 is 2.20 bits per heavy atom. The van der Waals surface area contributed by atoms with E-state index in [-0.39, 0.29) is 17.2 Å². The fraction of sp³-hybridized carbons (Fsp3) is 0.304. The Kier molecular flexibility index (Phi) is 5.32. The van der Waals surface area contributed by atoms with Crippen LogP contribution in [0.2, 0.25) is 0 Å². The van der Waals surface area contributed by atoms with Crippen LogP contribution in [-0.4, -0.2) is 64.4 Å². The van der Waals surface area contributed by atoms with Crippen LogP contribution < -0.4 is 5.32 Å². The molecule has 4 rings (SSSR count). The first-order valence-corrected chi connectivity index (χ1v) is 10.1. The molecule has 0 spiro atoms. The Morgan fingerprint density at radius 1 is 0.833 bits per heavy atom. The maximum absolute atomic E-state index is 11.1. The van der Waals surface area contributed by atoms with E-state index in [1.165, 1.54) is 0 Å². The second-order valence-electron chi connectivity index (χ2n) is 7.96. The highest BCUT2D eigenvalue weighted by molar-refractivity contribution is 6.01. The second kappa shape index (κ2) is 7.93. The molecular formula is C23H28N4O3. The number of phenols is 3. The summed E-state index contributed by atoms with van der Waals surface area (Å²) in [6.07, 6.45) is 5.26. The van der Waals surface area contributed by atoms with Gasteiger partial charge in [0, 0.05) is 46.4 Å². The third-order valence-electron chi connectivity index (χ3n) is 5.66. The summed E-state index contributed by atoms with van der Waals surface area (Å²) in [6.45, 7) is 1.61. The molecule has 0 aliphatic rings. The summed E-state index contributed by atoms with van der Waals surface area (Å²) >= 11 is 0. The van der Waals surface area contributed by atoms with Gasteiger partial charge in [0.1, 0.15) is 5.75 Å². The van der Waals surface area contributed by atoms with Gasteiger partial charge in [0.2, 0.25) is 0 Å². The molecule has 4 aromatic rings. The van der Waals surface area contributed by atoms with E-state index in [0.717, 1.165) is 48.0 Å². The summed E-state index contributed by atoms with van der Waals surface area (Å²) in [5.74, 6) is -0.303. The standard InChI is InChI=1S/C23H28N4O3/c1-24-8-6-13-11-26-18-10-16(22(29)23(30)20(13)18)15-4-5-17-19(21(15)28)14(12-25-17)7-9-27(2)3/h4-5,10-12,24-26,28-30H,6-9H2,1-3H3. The van der Waals surface area contributed by atoms with Gasteiger partial charge in [0.25, 0.3) is 0 Å². The van der Waals surface area contributed by atoms with Gasteiger partial charge in [-0.2, -0.15) is 0 Å². The van der Waals surface area contributed by atoms with Crippen LogP contribution in [0.15, 0.2) is 30.6 Å². The molecule has 7 heteroatoms. The minimum atomic E-state index is -0.229. The molecule has 0 radical (unpaired) electrons. The zero-order valence-corrected chi connectivity index (χ0v) is 17.5. The lowest BCUT2D eigenvalue weighted by Crippen LogP contribution is -2.14. The topological polar surface area (TPSA) is 108 Å². The number of benzene rings is 2. The molecule has 2 aromatic heterocycles. The van der Waals surface area contributed by atoms with Gasteiger partial charge in [-0.05, 0) is 69.9 Å². The van der Waals surface area contributed by atoms with Crippen molar-refractivity contribution in [1.82, 2.24) is 20.2 Å². The van der Waals surface area contributed by atoms with Crippen molar-refractivity contribution in [3.05, 3.63) is 41.7 Å². The lowest BCUT2D eigenvalue weighted by atomic mass is 9.97. The Labute approximate surface area is 175 Å². The smallest absolute Gasteiger partial charge is 0.167 e. The fourth-order valence-corrected chi connectivity index (χ4v) is 4.03. The molecule has 0 unspecified atom stereocenters. The van der Waals surface area contributed by atoms with E-state index in [0.29, 0.717) is 22.0 Å². The van der Waals surface area contributed by atoms with Crippen LogP contribution in [0.1, 0.15) is 11.1 Å². The van der Waals surface area contributed by atoms with Crippen molar-refractivity contribution in [1.29, 1.82) is 0 Å². The van der Waals surface area contributed by atoms with Crippen LogP contribution in [0.4, 0.5) is 0 Å². The van der Waals surface area contributed by atoms with Crippen molar-refractivity contribution in [3.63, 3.8) is 0 Å². The van der Waals surface area contributed by atoms with Crippen molar-refractivity contribution in [2.24, 2.45) is 0 Å². The maximum atomic E-state index is 11.1. The first-order valence-electron chi connectivity index (χ1n) is 10.1. The molecule has 30 heavy (non-hydrogen) atoms. The molecular weight excluding hydrogens is 380 g/mol. The molecule has 0 saturated carbocycles. The zero-order chi connectivity index (χ0) is 21.4. The molecule has 0 aliphatic carbocycles. The highest BCUT2D eigenvalue weighted by Gasteiger charge is 2.21. The lowest BCUT2D eigenvalue weighted by Gasteiger charge is -2.13. The predicted octanol–water partition coefficient (Wildman–Crippen LogP) is 3.30. The van der Waals surface area contributed by atoms with Gasteiger partial charge in [-0.1, -0.05) is 0 Å². The monoisotopic (exact) mass is 408 g/mol. The van der Waals surface area contributed by atoms with Gasteiger partial charge in [-0.25, -0.2) is 0 Å². The first kappa shape index (κ1) is 20.1. The van der Waals surface area contributed by atoms with Gasteiger partial charge in [0.05, 0.1) is 5.52 Å². The van der Waals surface area contributed by atoms with Crippen molar-refractivity contribution < 1.29 is 15.3 Å². The van der Waals surface area contributed by atoms with Crippen LogP contribution in [-0.2, 0) is 12.8 Å². The number of aromatic nitrogens is 2. The Bertz CT molecular complexity index is 1210. The van der Waals surface area contributed by atoms with Crippen LogP contribution in [0.5, 0.6) is 17.2 Å². The van der Waals surface area contributed by atoms with E-state index in [1.807, 2.05) is 39.6 Å². The van der Waals surface area contributed by atoms with Crippen LogP contribution >= 0.6 is 0 Å². The van der Waals surface area contributed by atoms with E-state index < -0.39 is 0 Å². The molecule has 0 amide bonds. The third kappa shape index (κ3) is 3.36. The number of hydrogen-bond donors (Lipinski definition) is 6. The number of nitrogens with one attached hydrogen (secondary N) is 3. The third-order valence-corrected chi connectivity index (χ3v) is 5.66. The lowest BCUT2D eigenvalue weighted by molar-refractivity contribution is 0.409. The van der Waals surface area contributed by atoms with Gasteiger partial charge in [0.15, 0.2) is 11.5 Å². The number of aromatic hydroxyl groups is 3. The highest BCUT2D eigenvalue weighted by Crippen LogP contribution is 2.47. The summed E-state index contributed by atoms with van der Waals surface area (Å²) in [5, 5.41) is 37.1. The summed E-state index contributed by atoms with van der Waals surface area (Å²) in [4.78, 5) is 8.48. The minimum Gasteiger partial charge on any atom is -0.507 e. The first-order chi connectivity index (χ1) is 14.4. The van der Waals surface area contributed by atoms with Crippen molar-refractivity contribution >= 4 is 21.8 Å². The van der Waals surface area contributed by atoms with Gasteiger partial charge < -0.3 is 35.5 Å². The van der Waals surface area contributed by atoms with Crippen LogP contribution in [0.3, 0.4) is 0 Å². The number of aromatic amines is 2. The zero-order valence-electron chi connectivity index (χ0n) is 17.5. The number of nitrogens with zero attached hydrogens (tertiary/aromatic N) is 1. The molecule has 0 atom stereocenters. The Hall–Kier alpha value is -3.16. The SMILES string of the molecule is CNCCc1c[nH]c2cc(-c3ccc4[nH]cc(CCN(C)C)c4c3O)c(O)c(O)c12. The normalized spacial score (nSPS) is 11.9. The van der Waals surface area contributed by atoms with Crippen molar-refractivity contribution in [2.75, 3.05) is 34.2 Å². The molecule has 0 bridgehead atoms. The maximum Gasteiger partial charge on any atom is 0.167 e. The van der Waals surface area contributed by atoms with E-state index in [9.17, 15) is 15.3 Å². The predicted molar refractivity (Wildman–Crippen MR) is 120 cm³/mol. The van der Waals surface area contributed by atoms with Gasteiger partial charge in [-0.15, -0.1) is 0 Å². The molecule has 0 fully saturated rings. The molecule has 7 nitrogen and oxygen atoms in total. The van der Waals surface area contributed by atoms with Gasteiger partial charge in [-0.3, -0.25) is 0 Å². The van der Waals surface area contributed by atoms with Crippen molar-refractivity contribution in [2.45, 2.75) is 12.8 Å². The summed E-state index contributed by atoms with van der Waals surface area (Å²) in [6, 6.07) is 5.42. The quantitative estimate of drug-likeness (QED) is 0.263. The largest absolute Gasteiger partial charge is 0.507 e. The molecule has 0 aliphatic heterocycles. The fourth-order valence-electron chi connectivity index (χ4n) is 4.03. The number of hydrogen-bond acceptors (Lipinski definition) is 5. The highest BCUT2D eigenvalue weighted by atomic mass is 16.3. The molecule has 2 aromatic carbocycles. The summed E-state index contributed by atoms with van der Waals surface area (Å²) in [5.41, 5.74) is 4.36. The van der Waals surface area contributed by atoms with E-state index in [1.54, 1.807) is 12.1 Å². The van der Waals surface area contributed by atoms with E-state index in [2.05, 4.69) is 20.2 Å². The van der Waals surface area contributed by atoms with E-state index in [4.69, 9.17) is 0 Å². The Morgan fingerprint density at radius 2 is 1.50 bits per heavy atom. The van der Waals surface area contributed by atoms with Gasteiger partial charge >= 0.3 is 0 Å². The second-order valence-corrected chi connectivity index (χ2v) is 7.96. The average molecular weight is 409 g/mol. The number of phenolic OH excluding ortho intramolecular Hbond substituents is 3. The molecule has 158 valence electrons. The average Bonchev–Trinajstić information content (AvgIpc) is 3.32. The van der Waals surface area contributed by atoms with Crippen molar-refractivity contribution in [3.8, 4) is 28.4 Å². The number of fused-ring (bicyclic) bond motifs is 2. The number of H-pyrrole nitrogens is 2. The minimum absolute atomic E-state index is 0.0959. The Balaban J connectivity index is 1.84. The molecule has 6 N–H and O–H groups in total. The summed E-state index contributed by atoms with van der Waals surface area (Å²) in [7, 11) is 5.89. The number of likely N-dealkylation sites (N-methyl/N-ethyl adjacent to an activating group) is 2. The molecule has 0 saturated heterocycles. The number of rotatable bonds is 7.